The molecule has 7 heteroatoms. The second-order valence-corrected chi connectivity index (χ2v) is 4.05. The molecule has 94 valence electrons. The van der Waals surface area contributed by atoms with E-state index in [9.17, 15) is 9.59 Å². The topological polar surface area (TPSA) is 77.8 Å². The smallest absolute Gasteiger partial charge is 1.00 e. The van der Waals surface area contributed by atoms with Crippen molar-refractivity contribution in [2.45, 2.75) is 26.2 Å². The Kier molecular flexibility index (Phi) is 12.1. The van der Waals surface area contributed by atoms with Crippen molar-refractivity contribution in [3.8, 4) is 0 Å². The fourth-order valence-corrected chi connectivity index (χ4v) is 1.82. The van der Waals surface area contributed by atoms with Gasteiger partial charge in [-0.1, -0.05) is 6.42 Å². The molecule has 0 aromatic heterocycles. The van der Waals surface area contributed by atoms with Gasteiger partial charge in [0.2, 0.25) is 0 Å². The van der Waals surface area contributed by atoms with E-state index < -0.39 is 11.9 Å². The number of likely N-dealkylation sites (tertiary alicyclic amines) is 1. The largest absolute Gasteiger partial charge is 1.00 e. The first-order valence-corrected chi connectivity index (χ1v) is 5.41. The van der Waals surface area contributed by atoms with E-state index >= 15 is 0 Å². The summed E-state index contributed by atoms with van der Waals surface area (Å²) in [5.74, 6) is -2.29. The SMILES string of the molecule is C/C(C(=O)O)=C(\CN1CCCCC1)C(=O)O.[H-].[H-].[Na+].[Na+]. The summed E-state index contributed by atoms with van der Waals surface area (Å²) in [6.45, 7) is 3.27. The molecule has 1 saturated heterocycles. The number of carboxylic acids is 2. The Balaban J connectivity index is -0.000000320. The fourth-order valence-electron chi connectivity index (χ4n) is 1.82. The van der Waals surface area contributed by atoms with Crippen LogP contribution < -0.4 is 59.1 Å². The van der Waals surface area contributed by atoms with Gasteiger partial charge in [0.05, 0.1) is 5.57 Å². The van der Waals surface area contributed by atoms with E-state index in [1.165, 1.54) is 13.3 Å². The molecule has 0 aromatic rings. The zero-order valence-corrected chi connectivity index (χ0v) is 15.4. The molecule has 2 N–H and O–H groups in total. The minimum Gasteiger partial charge on any atom is -1.00 e. The average molecular weight is 275 g/mol. The molecule has 0 unspecified atom stereocenters. The maximum Gasteiger partial charge on any atom is 1.00 e. The minimum atomic E-state index is -1.16. The third-order valence-corrected chi connectivity index (χ3v) is 2.86. The van der Waals surface area contributed by atoms with E-state index in [-0.39, 0.29) is 79.7 Å². The summed E-state index contributed by atoms with van der Waals surface area (Å²) in [7, 11) is 0. The number of aliphatic carboxylic acids is 2. The van der Waals surface area contributed by atoms with E-state index in [1.54, 1.807) is 0 Å². The number of nitrogens with zero attached hydrogens (tertiary/aromatic N) is 1. The van der Waals surface area contributed by atoms with Crippen molar-refractivity contribution in [1.29, 1.82) is 0 Å². The van der Waals surface area contributed by atoms with Gasteiger partial charge in [-0.2, -0.15) is 0 Å². The van der Waals surface area contributed by atoms with Crippen molar-refractivity contribution in [2.75, 3.05) is 19.6 Å². The number of carboxylic acid groups (broad SMARTS) is 2. The zero-order valence-electron chi connectivity index (χ0n) is 13.4. The Hall–Kier alpha value is 0.640. The first-order chi connectivity index (χ1) is 7.52. The molecule has 0 aliphatic carbocycles. The predicted octanol–water partition coefficient (Wildman–Crippen LogP) is -4.81. The Bertz CT molecular complexity index is 334. The molecule has 1 aliphatic heterocycles. The summed E-state index contributed by atoms with van der Waals surface area (Å²) in [5, 5.41) is 17.8. The maximum atomic E-state index is 11.0. The number of piperidine rings is 1. The summed E-state index contributed by atoms with van der Waals surface area (Å²) in [6.07, 6.45) is 3.28. The van der Waals surface area contributed by atoms with Gasteiger partial charge in [0.1, 0.15) is 0 Å². The normalized spacial score (nSPS) is 16.9. The van der Waals surface area contributed by atoms with Gasteiger partial charge in [0, 0.05) is 12.1 Å². The van der Waals surface area contributed by atoms with Crippen molar-refractivity contribution in [2.24, 2.45) is 0 Å². The summed E-state index contributed by atoms with van der Waals surface area (Å²) in [6, 6.07) is 0. The summed E-state index contributed by atoms with van der Waals surface area (Å²) in [5.41, 5.74) is -0.0764. The van der Waals surface area contributed by atoms with Crippen LogP contribution in [0.25, 0.3) is 0 Å². The third-order valence-electron chi connectivity index (χ3n) is 2.86. The number of rotatable bonds is 4. The molecular formula is C11H19NNa2O4. The molecule has 0 radical (unpaired) electrons. The molecule has 1 rings (SSSR count). The van der Waals surface area contributed by atoms with E-state index in [4.69, 9.17) is 10.2 Å². The van der Waals surface area contributed by atoms with Gasteiger partial charge < -0.3 is 13.1 Å². The van der Waals surface area contributed by atoms with Gasteiger partial charge in [-0.3, -0.25) is 4.90 Å². The van der Waals surface area contributed by atoms with Gasteiger partial charge in [-0.15, -0.1) is 0 Å². The van der Waals surface area contributed by atoms with Crippen molar-refractivity contribution in [1.82, 2.24) is 4.90 Å². The standard InChI is InChI=1S/C11H17NO4.2Na.2H/c1-8(10(13)14)9(11(15)16)7-12-5-3-2-4-6-12;;;;/h2-7H2,1H3,(H,13,14)(H,15,16);;;;/q;2*+1;2*-1/b9-8-;;;;. The van der Waals surface area contributed by atoms with Crippen LogP contribution in [0.15, 0.2) is 11.1 Å². The average Bonchev–Trinajstić information content (AvgIpc) is 2.26. The van der Waals surface area contributed by atoms with E-state index in [2.05, 4.69) is 0 Å². The first kappa shape index (κ1) is 20.9. The maximum absolute atomic E-state index is 11.0. The Morgan fingerprint density at radius 2 is 1.56 bits per heavy atom. The van der Waals surface area contributed by atoms with Crippen molar-refractivity contribution >= 4 is 11.9 Å². The summed E-state index contributed by atoms with van der Waals surface area (Å²) in [4.78, 5) is 23.7. The van der Waals surface area contributed by atoms with Crippen molar-refractivity contribution in [3.63, 3.8) is 0 Å². The monoisotopic (exact) mass is 275 g/mol. The molecule has 0 amide bonds. The van der Waals surface area contributed by atoms with Gasteiger partial charge in [0.15, 0.2) is 0 Å². The van der Waals surface area contributed by atoms with E-state index in [1.807, 2.05) is 4.90 Å². The summed E-state index contributed by atoms with van der Waals surface area (Å²) < 4.78 is 0. The van der Waals surface area contributed by atoms with Gasteiger partial charge >= 0.3 is 71.1 Å². The molecule has 0 spiro atoms. The van der Waals surface area contributed by atoms with Crippen molar-refractivity contribution in [3.05, 3.63) is 11.1 Å². The minimum absolute atomic E-state index is 0. The Morgan fingerprint density at radius 1 is 1.06 bits per heavy atom. The molecule has 0 saturated carbocycles. The quantitative estimate of drug-likeness (QED) is 0.398. The van der Waals surface area contributed by atoms with Crippen molar-refractivity contribution < 1.29 is 81.8 Å². The number of hydrogen-bond acceptors (Lipinski definition) is 3. The van der Waals surface area contributed by atoms with Crippen LogP contribution in [-0.2, 0) is 9.59 Å². The number of carbonyl (C=O) groups is 2. The molecule has 5 nitrogen and oxygen atoms in total. The van der Waals surface area contributed by atoms with Crippen LogP contribution in [0.4, 0.5) is 0 Å². The van der Waals surface area contributed by atoms with Crippen LogP contribution in [0.5, 0.6) is 0 Å². The Labute approximate surface area is 154 Å². The van der Waals surface area contributed by atoms with Crippen LogP contribution in [0.3, 0.4) is 0 Å². The molecule has 1 fully saturated rings. The molecule has 1 heterocycles. The van der Waals surface area contributed by atoms with Gasteiger partial charge in [-0.05, 0) is 32.9 Å². The second kappa shape index (κ2) is 10.4. The van der Waals surface area contributed by atoms with Crippen LogP contribution in [-0.4, -0.2) is 46.7 Å². The molecular weight excluding hydrogens is 256 g/mol. The molecule has 18 heavy (non-hydrogen) atoms. The van der Waals surface area contributed by atoms with Crippen LogP contribution in [0.1, 0.15) is 29.0 Å². The summed E-state index contributed by atoms with van der Waals surface area (Å²) >= 11 is 0. The molecule has 1 aliphatic rings. The predicted molar refractivity (Wildman–Crippen MR) is 60.5 cm³/mol. The fraction of sp³-hybridized carbons (Fsp3) is 0.636. The van der Waals surface area contributed by atoms with Crippen LogP contribution in [0.2, 0.25) is 0 Å². The Morgan fingerprint density at radius 3 is 1.94 bits per heavy atom. The van der Waals surface area contributed by atoms with E-state index in [0.29, 0.717) is 0 Å². The molecule has 0 bridgehead atoms. The first-order valence-electron chi connectivity index (χ1n) is 5.41. The third kappa shape index (κ3) is 6.70. The van der Waals surface area contributed by atoms with Crippen LogP contribution >= 0.6 is 0 Å². The van der Waals surface area contributed by atoms with E-state index in [0.717, 1.165) is 25.9 Å². The zero-order chi connectivity index (χ0) is 12.1. The molecule has 0 aromatic carbocycles. The van der Waals surface area contributed by atoms with Gasteiger partial charge in [-0.25, -0.2) is 9.59 Å². The van der Waals surface area contributed by atoms with Crippen LogP contribution in [0, 0.1) is 0 Å². The van der Waals surface area contributed by atoms with Gasteiger partial charge in [0.25, 0.3) is 0 Å². The number of hydrogen-bond donors (Lipinski definition) is 2. The second-order valence-electron chi connectivity index (χ2n) is 4.05. The molecule has 0 atom stereocenters.